The van der Waals surface area contributed by atoms with Gasteiger partial charge in [0, 0.05) is 23.2 Å². The molecule has 0 amide bonds. The van der Waals surface area contributed by atoms with Gasteiger partial charge in [0.25, 0.3) is 0 Å². The SMILES string of the molecule is COc1ccc2nccc(C(F)CC[C@@H]3CCN(CC#Cc4c(Cl)cc(Cl)cc4Cl)C[C@@H]3C(=O)O)c2c1. The van der Waals surface area contributed by atoms with Gasteiger partial charge in [0.2, 0.25) is 0 Å². The van der Waals surface area contributed by atoms with Crippen LogP contribution >= 0.6 is 34.8 Å². The van der Waals surface area contributed by atoms with Gasteiger partial charge in [0.15, 0.2) is 0 Å². The summed E-state index contributed by atoms with van der Waals surface area (Å²) < 4.78 is 20.7. The number of carboxylic acids is 1. The van der Waals surface area contributed by atoms with Gasteiger partial charge < -0.3 is 9.84 Å². The summed E-state index contributed by atoms with van der Waals surface area (Å²) in [7, 11) is 1.57. The maximum atomic E-state index is 15.4. The molecule has 1 saturated heterocycles. The fraction of sp³-hybridized carbons (Fsp3) is 0.357. The quantitative estimate of drug-likeness (QED) is 0.312. The topological polar surface area (TPSA) is 62.7 Å². The molecule has 1 unspecified atom stereocenters. The number of carbonyl (C=O) groups is 1. The average molecular weight is 564 g/mol. The summed E-state index contributed by atoms with van der Waals surface area (Å²) in [6.07, 6.45) is 1.73. The number of hydrogen-bond donors (Lipinski definition) is 1. The first-order valence-corrected chi connectivity index (χ1v) is 13.1. The number of alkyl halides is 1. The molecule has 1 aliphatic heterocycles. The number of nitrogens with zero attached hydrogens (tertiary/aromatic N) is 2. The summed E-state index contributed by atoms with van der Waals surface area (Å²) in [4.78, 5) is 18.4. The molecule has 2 heterocycles. The lowest BCUT2D eigenvalue weighted by Gasteiger charge is -2.35. The predicted molar refractivity (Wildman–Crippen MR) is 145 cm³/mol. The van der Waals surface area contributed by atoms with E-state index in [-0.39, 0.29) is 12.3 Å². The highest BCUT2D eigenvalue weighted by Gasteiger charge is 2.34. The van der Waals surface area contributed by atoms with Crippen molar-refractivity contribution in [3.05, 3.63) is 68.8 Å². The van der Waals surface area contributed by atoms with Gasteiger partial charge in [0.05, 0.1) is 40.7 Å². The van der Waals surface area contributed by atoms with Crippen LogP contribution in [-0.4, -0.2) is 47.7 Å². The van der Waals surface area contributed by atoms with Gasteiger partial charge in [0.1, 0.15) is 11.9 Å². The molecule has 1 fully saturated rings. The molecule has 194 valence electrons. The van der Waals surface area contributed by atoms with Crippen molar-refractivity contribution in [2.45, 2.75) is 25.4 Å². The lowest BCUT2D eigenvalue weighted by molar-refractivity contribution is -0.146. The molecule has 0 aliphatic carbocycles. The summed E-state index contributed by atoms with van der Waals surface area (Å²) >= 11 is 18.3. The zero-order valence-electron chi connectivity index (χ0n) is 20.2. The monoisotopic (exact) mass is 562 g/mol. The van der Waals surface area contributed by atoms with Gasteiger partial charge >= 0.3 is 5.97 Å². The van der Waals surface area contributed by atoms with E-state index in [1.54, 1.807) is 49.7 Å². The second kappa shape index (κ2) is 12.3. The van der Waals surface area contributed by atoms with Crippen LogP contribution in [0.2, 0.25) is 15.1 Å². The van der Waals surface area contributed by atoms with Gasteiger partial charge in [-0.05, 0) is 73.7 Å². The summed E-state index contributed by atoms with van der Waals surface area (Å²) in [5.41, 5.74) is 1.73. The summed E-state index contributed by atoms with van der Waals surface area (Å²) in [6.45, 7) is 1.41. The number of rotatable bonds is 7. The minimum Gasteiger partial charge on any atom is -0.497 e. The van der Waals surface area contributed by atoms with Crippen LogP contribution in [0.5, 0.6) is 5.75 Å². The van der Waals surface area contributed by atoms with Crippen molar-refractivity contribution in [2.24, 2.45) is 11.8 Å². The third-order valence-corrected chi connectivity index (χ3v) is 7.61. The normalized spacial score (nSPS) is 18.7. The number of carboxylic acid groups (broad SMARTS) is 1. The van der Waals surface area contributed by atoms with Crippen molar-refractivity contribution in [1.82, 2.24) is 9.88 Å². The highest BCUT2D eigenvalue weighted by Crippen LogP contribution is 2.35. The number of halogens is 4. The molecule has 2 aromatic carbocycles. The number of piperidine rings is 1. The highest BCUT2D eigenvalue weighted by atomic mass is 35.5. The van der Waals surface area contributed by atoms with Crippen LogP contribution in [0, 0.1) is 23.7 Å². The number of fused-ring (bicyclic) bond motifs is 1. The predicted octanol–water partition coefficient (Wildman–Crippen LogP) is 7.07. The molecule has 3 aromatic rings. The van der Waals surface area contributed by atoms with E-state index in [4.69, 9.17) is 39.5 Å². The van der Waals surface area contributed by atoms with Gasteiger partial charge in [-0.3, -0.25) is 14.7 Å². The van der Waals surface area contributed by atoms with E-state index in [0.717, 1.165) is 0 Å². The minimum absolute atomic E-state index is 0.122. The Morgan fingerprint density at radius 3 is 2.70 bits per heavy atom. The van der Waals surface area contributed by atoms with Gasteiger partial charge in [-0.15, -0.1) is 0 Å². The van der Waals surface area contributed by atoms with Gasteiger partial charge in [-0.25, -0.2) is 4.39 Å². The third kappa shape index (κ3) is 6.66. The molecule has 0 spiro atoms. The fourth-order valence-corrected chi connectivity index (χ4v) is 5.71. The third-order valence-electron chi connectivity index (χ3n) is 6.79. The van der Waals surface area contributed by atoms with Crippen LogP contribution in [0.15, 0.2) is 42.6 Å². The number of hydrogen-bond acceptors (Lipinski definition) is 4. The second-order valence-electron chi connectivity index (χ2n) is 9.10. The van der Waals surface area contributed by atoms with Crippen molar-refractivity contribution in [3.63, 3.8) is 0 Å². The maximum absolute atomic E-state index is 15.4. The smallest absolute Gasteiger partial charge is 0.308 e. The van der Waals surface area contributed by atoms with Gasteiger partial charge in [-0.2, -0.15) is 0 Å². The maximum Gasteiger partial charge on any atom is 0.308 e. The van der Waals surface area contributed by atoms with Crippen LogP contribution in [-0.2, 0) is 4.79 Å². The van der Waals surface area contributed by atoms with Gasteiger partial charge in [-0.1, -0.05) is 46.6 Å². The Morgan fingerprint density at radius 2 is 2.00 bits per heavy atom. The lowest BCUT2D eigenvalue weighted by atomic mass is 9.81. The molecule has 0 saturated carbocycles. The molecule has 0 bridgehead atoms. The first kappa shape index (κ1) is 27.5. The molecule has 1 aliphatic rings. The first-order chi connectivity index (χ1) is 17.8. The summed E-state index contributed by atoms with van der Waals surface area (Å²) in [6, 6.07) is 10.2. The fourth-order valence-electron chi connectivity index (χ4n) is 4.80. The zero-order valence-corrected chi connectivity index (χ0v) is 22.5. The van der Waals surface area contributed by atoms with E-state index in [1.165, 1.54) is 0 Å². The van der Waals surface area contributed by atoms with Crippen molar-refractivity contribution in [2.75, 3.05) is 26.7 Å². The van der Waals surface area contributed by atoms with Crippen LogP contribution in [0.1, 0.15) is 36.6 Å². The molecule has 4 rings (SSSR count). The molecule has 37 heavy (non-hydrogen) atoms. The van der Waals surface area contributed by atoms with Crippen molar-refractivity contribution < 1.29 is 19.0 Å². The Morgan fingerprint density at radius 1 is 1.24 bits per heavy atom. The van der Waals surface area contributed by atoms with Crippen LogP contribution in [0.4, 0.5) is 4.39 Å². The number of aliphatic carboxylic acids is 1. The summed E-state index contributed by atoms with van der Waals surface area (Å²) in [5.74, 6) is 5.05. The van der Waals surface area contributed by atoms with Crippen molar-refractivity contribution in [3.8, 4) is 17.6 Å². The number of benzene rings is 2. The number of aromatic nitrogens is 1. The van der Waals surface area contributed by atoms with E-state index in [9.17, 15) is 9.90 Å². The highest BCUT2D eigenvalue weighted by molar-refractivity contribution is 6.39. The van der Waals surface area contributed by atoms with E-state index < -0.39 is 18.1 Å². The largest absolute Gasteiger partial charge is 0.497 e. The molecule has 1 N–H and O–H groups in total. The average Bonchev–Trinajstić information content (AvgIpc) is 2.88. The number of pyridine rings is 1. The standard InChI is InChI=1S/C28H26Cl3FN2O3/c1-37-19-5-7-27-22(15-19)20(8-10-33-27)26(32)6-4-17-9-12-34(16-23(17)28(35)36)11-2-3-21-24(30)13-18(29)14-25(21)31/h5,7-8,10,13-15,17,23,26H,4,6,9,11-12,16H2,1H3,(H,35,36)/t17-,23+,26?/m1/s1. The number of likely N-dealkylation sites (tertiary alicyclic amines) is 1. The van der Waals surface area contributed by atoms with Crippen molar-refractivity contribution in [1.29, 1.82) is 0 Å². The van der Waals surface area contributed by atoms with Crippen LogP contribution in [0.3, 0.4) is 0 Å². The number of methoxy groups -OCH3 is 1. The Hall–Kier alpha value is -2.56. The molecule has 5 nitrogen and oxygen atoms in total. The van der Waals surface area contributed by atoms with Crippen molar-refractivity contribution >= 4 is 51.7 Å². The Bertz CT molecular complexity index is 1330. The lowest BCUT2D eigenvalue weighted by Crippen LogP contribution is -2.44. The molecular formula is C28H26Cl3FN2O3. The van der Waals surface area contributed by atoms with Crippen LogP contribution < -0.4 is 4.74 Å². The van der Waals surface area contributed by atoms with E-state index >= 15 is 4.39 Å². The van der Waals surface area contributed by atoms with Crippen LogP contribution in [0.25, 0.3) is 10.9 Å². The molecule has 9 heteroatoms. The van der Waals surface area contributed by atoms with E-state index in [0.29, 0.717) is 75.3 Å². The molecular weight excluding hydrogens is 538 g/mol. The summed E-state index contributed by atoms with van der Waals surface area (Å²) in [5, 5.41) is 11.8. The minimum atomic E-state index is -1.23. The molecule has 3 atom stereocenters. The molecule has 1 aromatic heterocycles. The Labute approximate surface area is 230 Å². The zero-order chi connectivity index (χ0) is 26.5. The van der Waals surface area contributed by atoms with E-state index in [2.05, 4.69) is 16.8 Å². The molecule has 0 radical (unpaired) electrons. The van der Waals surface area contributed by atoms with E-state index in [1.807, 2.05) is 4.90 Å². The Balaban J connectivity index is 1.39. The second-order valence-corrected chi connectivity index (χ2v) is 10.4. The Kier molecular flexibility index (Phi) is 9.15. The number of ether oxygens (including phenoxy) is 1. The first-order valence-electron chi connectivity index (χ1n) is 11.9.